The molecule has 0 aromatic carbocycles. The zero-order valence-corrected chi connectivity index (χ0v) is 10.5. The van der Waals surface area contributed by atoms with Gasteiger partial charge in [0.25, 0.3) is 0 Å². The highest BCUT2D eigenvalue weighted by atomic mass is 15.2. The number of aromatic nitrogens is 1. The molecule has 3 rings (SSSR count). The van der Waals surface area contributed by atoms with Crippen LogP contribution in [0.2, 0.25) is 0 Å². The molecule has 1 saturated carbocycles. The van der Waals surface area contributed by atoms with Gasteiger partial charge in [0, 0.05) is 42.8 Å². The normalized spacial score (nSPS) is 23.7. The Hall–Kier alpha value is -1.09. The lowest BCUT2D eigenvalue weighted by Crippen LogP contribution is -2.46. The fourth-order valence-corrected chi connectivity index (χ4v) is 2.66. The van der Waals surface area contributed by atoms with Crippen LogP contribution >= 0.6 is 0 Å². The van der Waals surface area contributed by atoms with E-state index in [0.717, 1.165) is 19.1 Å². The molecular formula is C14H21N3. The summed E-state index contributed by atoms with van der Waals surface area (Å²) in [6, 6.07) is 4.94. The Morgan fingerprint density at radius 2 is 1.88 bits per heavy atom. The molecule has 1 N–H and O–H groups in total. The molecule has 0 radical (unpaired) electrons. The molecule has 0 bridgehead atoms. The summed E-state index contributed by atoms with van der Waals surface area (Å²) in [5.74, 6) is 0. The Balaban J connectivity index is 1.54. The van der Waals surface area contributed by atoms with Crippen molar-refractivity contribution >= 4 is 5.69 Å². The van der Waals surface area contributed by atoms with Crippen molar-refractivity contribution in [2.45, 2.75) is 44.2 Å². The monoisotopic (exact) mass is 231 g/mol. The summed E-state index contributed by atoms with van der Waals surface area (Å²) in [7, 11) is 0. The van der Waals surface area contributed by atoms with Crippen molar-refractivity contribution in [3.05, 3.63) is 24.5 Å². The fraction of sp³-hybridized carbons (Fsp3) is 0.643. The van der Waals surface area contributed by atoms with Crippen molar-refractivity contribution in [1.82, 2.24) is 10.3 Å². The fourth-order valence-electron chi connectivity index (χ4n) is 2.66. The summed E-state index contributed by atoms with van der Waals surface area (Å²) in [6.07, 6.45) is 9.00. The minimum atomic E-state index is 0.476. The maximum Gasteiger partial charge on any atom is 0.0397 e. The van der Waals surface area contributed by atoms with E-state index in [1.54, 1.807) is 0 Å². The number of nitrogens with zero attached hydrogens (tertiary/aromatic N) is 2. The lowest BCUT2D eigenvalue weighted by atomic mass is 10.0. The van der Waals surface area contributed by atoms with E-state index in [1.165, 1.54) is 31.4 Å². The van der Waals surface area contributed by atoms with E-state index >= 15 is 0 Å². The van der Waals surface area contributed by atoms with Crippen molar-refractivity contribution in [2.75, 3.05) is 18.0 Å². The van der Waals surface area contributed by atoms with E-state index in [0.29, 0.717) is 5.54 Å². The Labute approximate surface area is 103 Å². The highest BCUT2D eigenvalue weighted by Gasteiger charge is 2.39. The van der Waals surface area contributed by atoms with Gasteiger partial charge in [-0.2, -0.15) is 0 Å². The van der Waals surface area contributed by atoms with E-state index in [1.807, 2.05) is 12.4 Å². The number of hydrogen-bond acceptors (Lipinski definition) is 3. The van der Waals surface area contributed by atoms with Gasteiger partial charge >= 0.3 is 0 Å². The van der Waals surface area contributed by atoms with Crippen LogP contribution in [0.3, 0.4) is 0 Å². The third-order valence-corrected chi connectivity index (χ3v) is 4.08. The molecule has 0 atom stereocenters. The van der Waals surface area contributed by atoms with Gasteiger partial charge < -0.3 is 10.2 Å². The molecule has 2 aliphatic rings. The molecule has 92 valence electrons. The lowest BCUT2D eigenvalue weighted by molar-refractivity contribution is 0.367. The second-order valence-corrected chi connectivity index (χ2v) is 5.67. The van der Waals surface area contributed by atoms with Crippen LogP contribution in [0.1, 0.15) is 32.6 Å². The first-order chi connectivity index (χ1) is 8.25. The van der Waals surface area contributed by atoms with Gasteiger partial charge in [0.2, 0.25) is 0 Å². The molecule has 0 amide bonds. The predicted octanol–water partition coefficient (Wildman–Crippen LogP) is 2.19. The predicted molar refractivity (Wildman–Crippen MR) is 70.2 cm³/mol. The first-order valence-corrected chi connectivity index (χ1v) is 6.68. The van der Waals surface area contributed by atoms with Gasteiger partial charge in [-0.15, -0.1) is 0 Å². The van der Waals surface area contributed by atoms with Gasteiger partial charge in [-0.05, 0) is 44.7 Å². The summed E-state index contributed by atoms with van der Waals surface area (Å²) in [4.78, 5) is 6.54. The Morgan fingerprint density at radius 3 is 2.47 bits per heavy atom. The number of hydrogen-bond donors (Lipinski definition) is 1. The minimum Gasteiger partial charge on any atom is -0.371 e. The summed E-state index contributed by atoms with van der Waals surface area (Å²) in [5.41, 5.74) is 1.79. The first-order valence-electron chi connectivity index (χ1n) is 6.68. The Kier molecular flexibility index (Phi) is 2.79. The zero-order chi connectivity index (χ0) is 11.7. The van der Waals surface area contributed by atoms with Crippen LogP contribution < -0.4 is 10.2 Å². The minimum absolute atomic E-state index is 0.476. The van der Waals surface area contributed by atoms with Crippen LogP contribution in [0.5, 0.6) is 0 Å². The number of pyridine rings is 1. The van der Waals surface area contributed by atoms with Crippen molar-refractivity contribution < 1.29 is 0 Å². The lowest BCUT2D eigenvalue weighted by Gasteiger charge is -2.35. The molecule has 0 unspecified atom stereocenters. The number of anilines is 1. The largest absolute Gasteiger partial charge is 0.371 e. The van der Waals surface area contributed by atoms with E-state index < -0.39 is 0 Å². The molecular weight excluding hydrogens is 210 g/mol. The van der Waals surface area contributed by atoms with Gasteiger partial charge in [0.15, 0.2) is 0 Å². The maximum absolute atomic E-state index is 4.07. The van der Waals surface area contributed by atoms with Crippen molar-refractivity contribution in [3.8, 4) is 0 Å². The van der Waals surface area contributed by atoms with Gasteiger partial charge in [-0.3, -0.25) is 4.98 Å². The van der Waals surface area contributed by atoms with E-state index in [2.05, 4.69) is 34.3 Å². The molecule has 2 fully saturated rings. The first kappa shape index (κ1) is 11.0. The SMILES string of the molecule is CC1(NC2CCN(c3ccncc3)CC2)CC1. The van der Waals surface area contributed by atoms with Gasteiger partial charge in [0.1, 0.15) is 0 Å². The number of nitrogens with one attached hydrogen (secondary N) is 1. The molecule has 1 aromatic rings. The van der Waals surface area contributed by atoms with Gasteiger partial charge in [-0.25, -0.2) is 0 Å². The van der Waals surface area contributed by atoms with Crippen LogP contribution in [-0.4, -0.2) is 29.7 Å². The highest BCUT2D eigenvalue weighted by molar-refractivity contribution is 5.44. The number of rotatable bonds is 3. The van der Waals surface area contributed by atoms with Crippen molar-refractivity contribution in [3.63, 3.8) is 0 Å². The smallest absolute Gasteiger partial charge is 0.0397 e. The molecule has 1 aliphatic carbocycles. The van der Waals surface area contributed by atoms with E-state index in [9.17, 15) is 0 Å². The molecule has 2 heterocycles. The average Bonchev–Trinajstić information content (AvgIpc) is 3.09. The summed E-state index contributed by atoms with van der Waals surface area (Å²) in [6.45, 7) is 4.68. The second-order valence-electron chi connectivity index (χ2n) is 5.67. The van der Waals surface area contributed by atoms with Crippen LogP contribution in [0.4, 0.5) is 5.69 Å². The Bertz CT molecular complexity index is 364. The van der Waals surface area contributed by atoms with Crippen LogP contribution in [-0.2, 0) is 0 Å². The van der Waals surface area contributed by atoms with Crippen molar-refractivity contribution in [2.24, 2.45) is 0 Å². The molecule has 17 heavy (non-hydrogen) atoms. The second kappa shape index (κ2) is 4.30. The van der Waals surface area contributed by atoms with Crippen LogP contribution in [0.25, 0.3) is 0 Å². The highest BCUT2D eigenvalue weighted by Crippen LogP contribution is 2.35. The molecule has 1 aromatic heterocycles. The summed E-state index contributed by atoms with van der Waals surface area (Å²) >= 11 is 0. The van der Waals surface area contributed by atoms with E-state index in [-0.39, 0.29) is 0 Å². The summed E-state index contributed by atoms with van der Waals surface area (Å²) in [5, 5.41) is 3.80. The third kappa shape index (κ3) is 2.60. The van der Waals surface area contributed by atoms with Crippen molar-refractivity contribution in [1.29, 1.82) is 0 Å². The topological polar surface area (TPSA) is 28.2 Å². The Morgan fingerprint density at radius 1 is 1.24 bits per heavy atom. The standard InChI is InChI=1S/C14H21N3/c1-14(6-7-14)16-12-4-10-17(11-5-12)13-2-8-15-9-3-13/h2-3,8-9,12,16H,4-7,10-11H2,1H3. The molecule has 1 saturated heterocycles. The van der Waals surface area contributed by atoms with E-state index in [4.69, 9.17) is 0 Å². The maximum atomic E-state index is 4.07. The molecule has 3 nitrogen and oxygen atoms in total. The third-order valence-electron chi connectivity index (χ3n) is 4.08. The van der Waals surface area contributed by atoms with Gasteiger partial charge in [-0.1, -0.05) is 0 Å². The molecule has 3 heteroatoms. The van der Waals surface area contributed by atoms with Crippen LogP contribution in [0.15, 0.2) is 24.5 Å². The molecule has 1 aliphatic heterocycles. The average molecular weight is 231 g/mol. The zero-order valence-electron chi connectivity index (χ0n) is 10.5. The quantitative estimate of drug-likeness (QED) is 0.864. The number of piperidine rings is 1. The van der Waals surface area contributed by atoms with Crippen LogP contribution in [0, 0.1) is 0 Å². The molecule has 0 spiro atoms. The van der Waals surface area contributed by atoms with Gasteiger partial charge in [0.05, 0.1) is 0 Å². The summed E-state index contributed by atoms with van der Waals surface area (Å²) < 4.78 is 0.